The van der Waals surface area contributed by atoms with E-state index in [-0.39, 0.29) is 31.1 Å². The predicted molar refractivity (Wildman–Crippen MR) is 357 cm³/mol. The molecule has 0 radical (unpaired) electrons. The summed E-state index contributed by atoms with van der Waals surface area (Å²) in [6, 6.07) is 0. The van der Waals surface area contributed by atoms with Gasteiger partial charge in [0.2, 0.25) is 0 Å². The molecule has 82 heavy (non-hydrogen) atoms. The van der Waals surface area contributed by atoms with Crippen molar-refractivity contribution in [2.24, 2.45) is 0 Å². The molecule has 0 aromatic heterocycles. The van der Waals surface area contributed by atoms with Crippen LogP contribution in [0.4, 0.5) is 0 Å². The first kappa shape index (κ1) is 77.5. The highest BCUT2D eigenvalue weighted by atomic mass is 16.6. The van der Waals surface area contributed by atoms with E-state index < -0.39 is 6.10 Å². The van der Waals surface area contributed by atoms with Crippen LogP contribution in [-0.2, 0) is 28.6 Å². The summed E-state index contributed by atoms with van der Waals surface area (Å²) in [6.45, 7) is 6.40. The molecule has 0 aliphatic rings. The summed E-state index contributed by atoms with van der Waals surface area (Å²) < 4.78 is 16.9. The average molecular weight is 1140 g/mol. The molecule has 0 saturated heterocycles. The molecule has 0 spiro atoms. The quantitative estimate of drug-likeness (QED) is 0.0261. The molecule has 0 aliphatic carbocycles. The number of ether oxygens (including phenoxy) is 3. The molecule has 0 N–H and O–H groups in total. The third-order valence-corrected chi connectivity index (χ3v) is 14.4. The molecular weight excluding hydrogens is 1010 g/mol. The van der Waals surface area contributed by atoms with Gasteiger partial charge in [-0.2, -0.15) is 0 Å². The van der Waals surface area contributed by atoms with Gasteiger partial charge in [-0.15, -0.1) is 0 Å². The molecule has 0 amide bonds. The molecule has 0 fully saturated rings. The zero-order valence-electron chi connectivity index (χ0n) is 53.5. The van der Waals surface area contributed by atoms with Crippen molar-refractivity contribution in [2.75, 3.05) is 13.2 Å². The fourth-order valence-corrected chi connectivity index (χ4v) is 9.32. The first-order chi connectivity index (χ1) is 40.5. The number of hydrogen-bond donors (Lipinski definition) is 0. The fraction of sp³-hybridized carbons (Fsp3) is 0.671. The monoisotopic (exact) mass is 1130 g/mol. The van der Waals surface area contributed by atoms with Gasteiger partial charge < -0.3 is 14.2 Å². The van der Waals surface area contributed by atoms with Crippen molar-refractivity contribution in [1.82, 2.24) is 0 Å². The highest BCUT2D eigenvalue weighted by Crippen LogP contribution is 2.16. The van der Waals surface area contributed by atoms with Crippen LogP contribution in [0.1, 0.15) is 310 Å². The third kappa shape index (κ3) is 66.4. The molecule has 6 nitrogen and oxygen atoms in total. The third-order valence-electron chi connectivity index (χ3n) is 14.4. The molecule has 0 saturated carbocycles. The van der Waals surface area contributed by atoms with Crippen LogP contribution in [0, 0.1) is 0 Å². The lowest BCUT2D eigenvalue weighted by Crippen LogP contribution is -2.30. The van der Waals surface area contributed by atoms with E-state index in [4.69, 9.17) is 14.2 Å². The minimum absolute atomic E-state index is 0.0936. The Balaban J connectivity index is 4.33. The van der Waals surface area contributed by atoms with Gasteiger partial charge in [0.15, 0.2) is 6.10 Å². The van der Waals surface area contributed by atoms with Gasteiger partial charge in [-0.3, -0.25) is 14.4 Å². The maximum Gasteiger partial charge on any atom is 0.306 e. The molecule has 0 heterocycles. The maximum atomic E-state index is 12.9. The van der Waals surface area contributed by atoms with E-state index in [1.54, 1.807) is 0 Å². The normalized spacial score (nSPS) is 13.0. The highest BCUT2D eigenvalue weighted by Gasteiger charge is 2.19. The van der Waals surface area contributed by atoms with Gasteiger partial charge in [-0.25, -0.2) is 0 Å². The van der Waals surface area contributed by atoms with Gasteiger partial charge in [0.1, 0.15) is 13.2 Å². The minimum atomic E-state index is -0.800. The number of carbonyl (C=O) groups is 3. The van der Waals surface area contributed by atoms with Crippen molar-refractivity contribution in [1.29, 1.82) is 0 Å². The summed E-state index contributed by atoms with van der Waals surface area (Å²) in [5.41, 5.74) is 0. The van der Waals surface area contributed by atoms with Crippen LogP contribution in [0.5, 0.6) is 0 Å². The average Bonchev–Trinajstić information content (AvgIpc) is 3.48. The van der Waals surface area contributed by atoms with E-state index in [0.29, 0.717) is 19.3 Å². The zero-order chi connectivity index (χ0) is 59.2. The largest absolute Gasteiger partial charge is 0.462 e. The fourth-order valence-electron chi connectivity index (χ4n) is 9.32. The molecule has 0 bridgehead atoms. The standard InChI is InChI=1S/C76H126O6/c1-4-7-10-13-16-19-22-25-28-31-32-33-34-35-36-37-38-39-40-41-42-43-44-46-48-51-54-57-60-63-66-69-75(78)81-72-73(71-80-74(77)68-65-62-59-56-53-50-47-30-27-24-21-18-15-12-9-6-3)82-76(79)70-67-64-61-58-55-52-49-45-29-26-23-20-17-14-11-8-5-2/h7-8,10-11,16-17,19-20,25-26,28-30,32-33,35-36,38-39,47,49,52,73H,4-6,9,12-15,18,21-24,27,31,34,37,40-46,48,50-51,53-72H2,1-3H3/b10-7-,11-8-,19-16-,20-17-,28-25-,29-26-,33-32-,36-35-,39-38-,47-30-,52-49-. The Bertz CT molecular complexity index is 1730. The van der Waals surface area contributed by atoms with Crippen molar-refractivity contribution in [3.63, 3.8) is 0 Å². The Morgan fingerprint density at radius 3 is 0.756 bits per heavy atom. The number of hydrogen-bond acceptors (Lipinski definition) is 6. The van der Waals surface area contributed by atoms with Crippen molar-refractivity contribution < 1.29 is 28.6 Å². The molecule has 1 unspecified atom stereocenters. The van der Waals surface area contributed by atoms with Crippen LogP contribution in [-0.4, -0.2) is 37.2 Å². The Hall–Kier alpha value is -4.45. The van der Waals surface area contributed by atoms with Crippen LogP contribution in [0.2, 0.25) is 0 Å². The highest BCUT2D eigenvalue weighted by molar-refractivity contribution is 5.71. The maximum absolute atomic E-state index is 12.9. The van der Waals surface area contributed by atoms with Crippen molar-refractivity contribution >= 4 is 17.9 Å². The Morgan fingerprint density at radius 2 is 0.476 bits per heavy atom. The molecule has 0 aromatic carbocycles. The van der Waals surface area contributed by atoms with Crippen molar-refractivity contribution in [2.45, 2.75) is 316 Å². The second-order valence-electron chi connectivity index (χ2n) is 22.3. The summed E-state index contributed by atoms with van der Waals surface area (Å²) in [6.07, 6.45) is 97.5. The van der Waals surface area contributed by atoms with Gasteiger partial charge in [0.05, 0.1) is 0 Å². The Labute approximate surface area is 506 Å². The summed E-state index contributed by atoms with van der Waals surface area (Å²) in [5.74, 6) is -0.921. The topological polar surface area (TPSA) is 78.9 Å². The Kier molecular flexibility index (Phi) is 65.3. The summed E-state index contributed by atoms with van der Waals surface area (Å²) in [7, 11) is 0. The first-order valence-corrected chi connectivity index (χ1v) is 34.2. The van der Waals surface area contributed by atoms with Gasteiger partial charge in [0, 0.05) is 19.3 Å². The van der Waals surface area contributed by atoms with Crippen LogP contribution < -0.4 is 0 Å². The minimum Gasteiger partial charge on any atom is -0.462 e. The summed E-state index contributed by atoms with van der Waals surface area (Å²) in [4.78, 5) is 38.4. The SMILES string of the molecule is CC/C=C\C/C=C\C/C=C\C/C=C\C/C=C\C/C=C\CCCCCCCCCCCCCCC(=O)OCC(COC(=O)CCCCCCC/C=C\CCCCCCCCC)OC(=O)CCCCCC/C=C\C/C=C\C/C=C\C/C=C\CC. The van der Waals surface area contributed by atoms with E-state index in [2.05, 4.69) is 154 Å². The second kappa shape index (κ2) is 69.0. The van der Waals surface area contributed by atoms with Crippen LogP contribution in [0.3, 0.4) is 0 Å². The van der Waals surface area contributed by atoms with E-state index in [1.165, 1.54) is 128 Å². The molecule has 0 aromatic rings. The molecule has 0 aliphatic heterocycles. The number of allylic oxidation sites excluding steroid dienone is 22. The number of unbranched alkanes of at least 4 members (excludes halogenated alkanes) is 28. The van der Waals surface area contributed by atoms with E-state index >= 15 is 0 Å². The van der Waals surface area contributed by atoms with Crippen LogP contribution >= 0.6 is 0 Å². The molecule has 6 heteroatoms. The van der Waals surface area contributed by atoms with Crippen molar-refractivity contribution in [3.05, 3.63) is 134 Å². The van der Waals surface area contributed by atoms with Crippen LogP contribution in [0.25, 0.3) is 0 Å². The van der Waals surface area contributed by atoms with Gasteiger partial charge in [-0.1, -0.05) is 289 Å². The number of rotatable bonds is 61. The lowest BCUT2D eigenvalue weighted by Gasteiger charge is -2.18. The number of esters is 3. The van der Waals surface area contributed by atoms with Gasteiger partial charge >= 0.3 is 17.9 Å². The van der Waals surface area contributed by atoms with Gasteiger partial charge in [-0.05, 0) is 135 Å². The molecule has 1 atom stereocenters. The van der Waals surface area contributed by atoms with Gasteiger partial charge in [0.25, 0.3) is 0 Å². The zero-order valence-corrected chi connectivity index (χ0v) is 53.5. The first-order valence-electron chi connectivity index (χ1n) is 34.2. The lowest BCUT2D eigenvalue weighted by molar-refractivity contribution is -0.167. The Morgan fingerprint density at radius 1 is 0.256 bits per heavy atom. The molecule has 466 valence electrons. The summed E-state index contributed by atoms with van der Waals surface area (Å²) in [5, 5.41) is 0. The molecule has 0 rings (SSSR count). The van der Waals surface area contributed by atoms with Crippen LogP contribution in [0.15, 0.2) is 134 Å². The van der Waals surface area contributed by atoms with E-state index in [1.807, 2.05) is 0 Å². The smallest absolute Gasteiger partial charge is 0.306 e. The van der Waals surface area contributed by atoms with E-state index in [9.17, 15) is 14.4 Å². The predicted octanol–water partition coefficient (Wildman–Crippen LogP) is 23.7. The van der Waals surface area contributed by atoms with Crippen molar-refractivity contribution in [3.8, 4) is 0 Å². The summed E-state index contributed by atoms with van der Waals surface area (Å²) >= 11 is 0. The second-order valence-corrected chi connectivity index (χ2v) is 22.3. The number of carbonyl (C=O) groups excluding carboxylic acids is 3. The van der Waals surface area contributed by atoms with E-state index in [0.717, 1.165) is 141 Å². The lowest BCUT2D eigenvalue weighted by atomic mass is 10.0. The molecular formula is C76H126O6.